The molecular weight excluding hydrogens is 388 g/mol. The molecule has 7 heteroatoms. The maximum absolute atomic E-state index is 13.3. The number of benzene rings is 1. The number of hydrogen-bond donors (Lipinski definition) is 1. The Kier molecular flexibility index (Phi) is 5.51. The predicted octanol–water partition coefficient (Wildman–Crippen LogP) is 4.35. The number of hydrogen-bond acceptors (Lipinski definition) is 5. The second kappa shape index (κ2) is 8.23. The summed E-state index contributed by atoms with van der Waals surface area (Å²) in [5, 5.41) is 3.44. The SMILES string of the molecule is Cc1ccc(C(=O)Nc2sc(-c3ccccc3)c(C)c2C(=O)N2CCOCC2)o1. The van der Waals surface area contributed by atoms with Gasteiger partial charge in [0.1, 0.15) is 10.8 Å². The Labute approximate surface area is 173 Å². The van der Waals surface area contributed by atoms with Crippen molar-refractivity contribution in [3.05, 3.63) is 65.1 Å². The first kappa shape index (κ1) is 19.4. The molecule has 1 fully saturated rings. The van der Waals surface area contributed by atoms with Crippen molar-refractivity contribution in [2.75, 3.05) is 31.6 Å². The maximum Gasteiger partial charge on any atom is 0.291 e. The third-order valence-corrected chi connectivity index (χ3v) is 6.14. The zero-order chi connectivity index (χ0) is 20.4. The minimum atomic E-state index is -0.366. The summed E-state index contributed by atoms with van der Waals surface area (Å²) in [5.74, 6) is 0.428. The lowest BCUT2D eigenvalue weighted by Crippen LogP contribution is -2.41. The molecule has 0 aliphatic carbocycles. The van der Waals surface area contributed by atoms with Crippen molar-refractivity contribution in [3.63, 3.8) is 0 Å². The van der Waals surface area contributed by atoms with Crippen molar-refractivity contribution in [3.8, 4) is 10.4 Å². The molecule has 1 N–H and O–H groups in total. The fourth-order valence-corrected chi connectivity index (χ4v) is 4.57. The molecule has 2 amide bonds. The molecule has 0 unspecified atom stereocenters. The van der Waals surface area contributed by atoms with E-state index >= 15 is 0 Å². The summed E-state index contributed by atoms with van der Waals surface area (Å²) in [5.41, 5.74) is 2.41. The molecule has 1 aliphatic heterocycles. The van der Waals surface area contributed by atoms with Gasteiger partial charge < -0.3 is 19.4 Å². The smallest absolute Gasteiger partial charge is 0.291 e. The van der Waals surface area contributed by atoms with Gasteiger partial charge in [-0.25, -0.2) is 0 Å². The summed E-state index contributed by atoms with van der Waals surface area (Å²) < 4.78 is 10.8. The fourth-order valence-electron chi connectivity index (χ4n) is 3.37. The normalized spacial score (nSPS) is 14.1. The first-order chi connectivity index (χ1) is 14.0. The van der Waals surface area contributed by atoms with Crippen LogP contribution in [0.15, 0.2) is 46.9 Å². The maximum atomic E-state index is 13.3. The van der Waals surface area contributed by atoms with Crippen LogP contribution in [0.4, 0.5) is 5.00 Å². The molecule has 0 atom stereocenters. The van der Waals surface area contributed by atoms with E-state index in [1.807, 2.05) is 37.3 Å². The van der Waals surface area contributed by atoms with E-state index < -0.39 is 0 Å². The molecule has 1 saturated heterocycles. The third kappa shape index (κ3) is 3.97. The van der Waals surface area contributed by atoms with Crippen LogP contribution in [0.25, 0.3) is 10.4 Å². The number of amides is 2. The number of anilines is 1. The molecule has 4 rings (SSSR count). The highest BCUT2D eigenvalue weighted by molar-refractivity contribution is 7.20. The van der Waals surface area contributed by atoms with Crippen LogP contribution in [0, 0.1) is 13.8 Å². The van der Waals surface area contributed by atoms with E-state index in [2.05, 4.69) is 5.32 Å². The van der Waals surface area contributed by atoms with E-state index in [1.165, 1.54) is 11.3 Å². The summed E-state index contributed by atoms with van der Waals surface area (Å²) in [6, 6.07) is 13.3. The highest BCUT2D eigenvalue weighted by Gasteiger charge is 2.28. The monoisotopic (exact) mass is 410 g/mol. The number of carbonyl (C=O) groups is 2. The summed E-state index contributed by atoms with van der Waals surface area (Å²) in [6.07, 6.45) is 0. The highest BCUT2D eigenvalue weighted by atomic mass is 32.1. The number of rotatable bonds is 4. The Balaban J connectivity index is 1.73. The van der Waals surface area contributed by atoms with Crippen molar-refractivity contribution in [1.82, 2.24) is 4.90 Å². The van der Waals surface area contributed by atoms with E-state index in [1.54, 1.807) is 24.0 Å². The molecule has 150 valence electrons. The first-order valence-electron chi connectivity index (χ1n) is 9.48. The predicted molar refractivity (Wildman–Crippen MR) is 113 cm³/mol. The number of ether oxygens (including phenoxy) is 1. The Morgan fingerprint density at radius 2 is 1.76 bits per heavy atom. The molecule has 3 aromatic rings. The van der Waals surface area contributed by atoms with E-state index in [0.717, 1.165) is 16.0 Å². The highest BCUT2D eigenvalue weighted by Crippen LogP contribution is 2.40. The lowest BCUT2D eigenvalue weighted by molar-refractivity contribution is 0.0303. The van der Waals surface area contributed by atoms with Crippen LogP contribution in [0.5, 0.6) is 0 Å². The van der Waals surface area contributed by atoms with Crippen molar-refractivity contribution in [1.29, 1.82) is 0 Å². The van der Waals surface area contributed by atoms with Crippen molar-refractivity contribution >= 4 is 28.2 Å². The van der Waals surface area contributed by atoms with Crippen LogP contribution in [0.3, 0.4) is 0 Å². The quantitative estimate of drug-likeness (QED) is 0.694. The van der Waals surface area contributed by atoms with Gasteiger partial charge in [0.2, 0.25) is 0 Å². The van der Waals surface area contributed by atoms with Gasteiger partial charge in [-0.15, -0.1) is 11.3 Å². The number of morpholine rings is 1. The lowest BCUT2D eigenvalue weighted by Gasteiger charge is -2.27. The second-order valence-corrected chi connectivity index (χ2v) is 7.92. The second-order valence-electron chi connectivity index (χ2n) is 6.90. The zero-order valence-corrected chi connectivity index (χ0v) is 17.2. The topological polar surface area (TPSA) is 71.8 Å². The van der Waals surface area contributed by atoms with Gasteiger partial charge in [0.05, 0.1) is 18.8 Å². The lowest BCUT2D eigenvalue weighted by atomic mass is 10.1. The molecule has 6 nitrogen and oxygen atoms in total. The summed E-state index contributed by atoms with van der Waals surface area (Å²) in [4.78, 5) is 28.7. The number of aryl methyl sites for hydroxylation is 1. The summed E-state index contributed by atoms with van der Waals surface area (Å²) in [7, 11) is 0. The molecule has 0 bridgehead atoms. The molecule has 0 saturated carbocycles. The van der Waals surface area contributed by atoms with Gasteiger partial charge in [0.25, 0.3) is 11.8 Å². The third-order valence-electron chi connectivity index (χ3n) is 4.89. The Hall–Kier alpha value is -2.90. The molecular formula is C22H22N2O4S. The van der Waals surface area contributed by atoms with Gasteiger partial charge >= 0.3 is 0 Å². The first-order valence-corrected chi connectivity index (χ1v) is 10.3. The molecule has 1 aliphatic rings. The van der Waals surface area contributed by atoms with Crippen LogP contribution in [-0.2, 0) is 4.74 Å². The van der Waals surface area contributed by atoms with E-state index in [9.17, 15) is 9.59 Å². The number of nitrogens with one attached hydrogen (secondary N) is 1. The van der Waals surface area contributed by atoms with Crippen molar-refractivity contribution in [2.45, 2.75) is 13.8 Å². The van der Waals surface area contributed by atoms with Gasteiger partial charge in [0.15, 0.2) is 5.76 Å². The zero-order valence-electron chi connectivity index (χ0n) is 16.4. The van der Waals surface area contributed by atoms with Crippen LogP contribution in [0.1, 0.15) is 32.2 Å². The van der Waals surface area contributed by atoms with Gasteiger partial charge in [-0.1, -0.05) is 30.3 Å². The van der Waals surface area contributed by atoms with Crippen LogP contribution in [0.2, 0.25) is 0 Å². The van der Waals surface area contributed by atoms with E-state index in [4.69, 9.17) is 9.15 Å². The van der Waals surface area contributed by atoms with Crippen molar-refractivity contribution in [2.24, 2.45) is 0 Å². The Morgan fingerprint density at radius 3 is 2.41 bits per heavy atom. The van der Waals surface area contributed by atoms with E-state index in [-0.39, 0.29) is 17.6 Å². The Bertz CT molecular complexity index is 1030. The number of furan rings is 1. The molecule has 0 spiro atoms. The molecule has 2 aromatic heterocycles. The fraction of sp³-hybridized carbons (Fsp3) is 0.273. The van der Waals surface area contributed by atoms with Crippen LogP contribution < -0.4 is 5.32 Å². The molecule has 0 radical (unpaired) electrons. The number of nitrogens with zero attached hydrogens (tertiary/aromatic N) is 1. The summed E-state index contributed by atoms with van der Waals surface area (Å²) in [6.45, 7) is 5.84. The van der Waals surface area contributed by atoms with E-state index in [0.29, 0.717) is 42.6 Å². The standard InChI is InChI=1S/C22H22N2O4S/c1-14-8-9-17(28-14)20(25)23-21-18(22(26)24-10-12-27-13-11-24)15(2)19(29-21)16-6-4-3-5-7-16/h3-9H,10-13H2,1-2H3,(H,23,25). The molecule has 3 heterocycles. The van der Waals surface area contributed by atoms with Crippen LogP contribution >= 0.6 is 11.3 Å². The average Bonchev–Trinajstić information content (AvgIpc) is 3.32. The minimum Gasteiger partial charge on any atom is -0.456 e. The average molecular weight is 410 g/mol. The Morgan fingerprint density at radius 1 is 1.03 bits per heavy atom. The van der Waals surface area contributed by atoms with Gasteiger partial charge in [0, 0.05) is 18.0 Å². The molecule has 29 heavy (non-hydrogen) atoms. The van der Waals surface area contributed by atoms with Gasteiger partial charge in [-0.05, 0) is 37.1 Å². The number of carbonyl (C=O) groups excluding carboxylic acids is 2. The minimum absolute atomic E-state index is 0.0878. The molecule has 1 aromatic carbocycles. The van der Waals surface area contributed by atoms with Gasteiger partial charge in [-0.3, -0.25) is 9.59 Å². The summed E-state index contributed by atoms with van der Waals surface area (Å²) >= 11 is 1.41. The van der Waals surface area contributed by atoms with Gasteiger partial charge in [-0.2, -0.15) is 0 Å². The number of thiophene rings is 1. The van der Waals surface area contributed by atoms with Crippen molar-refractivity contribution < 1.29 is 18.7 Å². The van der Waals surface area contributed by atoms with Crippen LogP contribution in [-0.4, -0.2) is 43.0 Å². The largest absolute Gasteiger partial charge is 0.456 e.